The third kappa shape index (κ3) is 5.39. The number of nitriles is 1. The molecule has 0 bridgehead atoms. The van der Waals surface area contributed by atoms with Crippen molar-refractivity contribution in [1.29, 1.82) is 5.26 Å². The van der Waals surface area contributed by atoms with E-state index in [1.807, 2.05) is 6.07 Å². The first-order valence-corrected chi connectivity index (χ1v) is 10.9. The molecule has 0 saturated carbocycles. The third-order valence-corrected chi connectivity index (χ3v) is 5.38. The first kappa shape index (κ1) is 23.1. The van der Waals surface area contributed by atoms with Crippen LogP contribution in [0.1, 0.15) is 38.2 Å². The molecule has 2 aliphatic rings. The number of carbonyl (C=O) groups is 1. The van der Waals surface area contributed by atoms with Crippen LogP contribution in [0.15, 0.2) is 45.5 Å². The zero-order chi connectivity index (χ0) is 22.4. The summed E-state index contributed by atoms with van der Waals surface area (Å²) in [5.74, 6) is -0.600. The minimum Gasteiger partial charge on any atom is -0.493 e. The molecular formula is C22H25BrN2O6. The molecule has 0 aromatic heterocycles. The second-order valence-corrected chi connectivity index (χ2v) is 7.87. The highest BCUT2D eigenvalue weighted by Gasteiger charge is 2.38. The molecule has 1 aromatic carbocycles. The van der Waals surface area contributed by atoms with Gasteiger partial charge in [0.05, 0.1) is 37.9 Å². The van der Waals surface area contributed by atoms with E-state index >= 15 is 0 Å². The van der Waals surface area contributed by atoms with Gasteiger partial charge in [-0.1, -0.05) is 15.9 Å². The van der Waals surface area contributed by atoms with E-state index in [0.717, 1.165) is 10.9 Å². The van der Waals surface area contributed by atoms with Crippen molar-refractivity contribution < 1.29 is 28.5 Å². The summed E-state index contributed by atoms with van der Waals surface area (Å²) in [6.07, 6.45) is 1.12. The number of hydrogen-bond acceptors (Lipinski definition) is 8. The van der Waals surface area contributed by atoms with Gasteiger partial charge in [0, 0.05) is 16.5 Å². The maximum atomic E-state index is 12.8. The van der Waals surface area contributed by atoms with Gasteiger partial charge in [-0.25, -0.2) is 4.79 Å². The van der Waals surface area contributed by atoms with Crippen LogP contribution in [0.4, 0.5) is 0 Å². The summed E-state index contributed by atoms with van der Waals surface area (Å²) in [4.78, 5) is 12.8. The van der Waals surface area contributed by atoms with Crippen molar-refractivity contribution in [3.8, 4) is 11.8 Å². The van der Waals surface area contributed by atoms with Crippen LogP contribution >= 0.6 is 15.9 Å². The number of rotatable bonds is 7. The molecule has 1 unspecified atom stereocenters. The Balaban J connectivity index is 1.95. The van der Waals surface area contributed by atoms with Crippen LogP contribution in [0.2, 0.25) is 0 Å². The van der Waals surface area contributed by atoms with Gasteiger partial charge in [0.15, 0.2) is 6.29 Å². The Morgan fingerprint density at radius 1 is 1.35 bits per heavy atom. The summed E-state index contributed by atoms with van der Waals surface area (Å²) in [6.45, 7) is 5.19. The lowest BCUT2D eigenvalue weighted by Crippen LogP contribution is -2.27. The van der Waals surface area contributed by atoms with Crippen molar-refractivity contribution in [3.63, 3.8) is 0 Å². The first-order valence-electron chi connectivity index (χ1n) is 10.1. The predicted molar refractivity (Wildman–Crippen MR) is 115 cm³/mol. The SMILES string of the molecule is CCOC(=O)C1=C(C)OC(N)=C(C#N)C1c1cc(Br)ccc1OCCC1OCCCO1. The Kier molecular flexibility index (Phi) is 7.96. The number of esters is 1. The Morgan fingerprint density at radius 3 is 2.77 bits per heavy atom. The zero-order valence-corrected chi connectivity index (χ0v) is 19.1. The van der Waals surface area contributed by atoms with E-state index in [2.05, 4.69) is 22.0 Å². The van der Waals surface area contributed by atoms with Gasteiger partial charge in [0.2, 0.25) is 5.88 Å². The average molecular weight is 493 g/mol. The summed E-state index contributed by atoms with van der Waals surface area (Å²) >= 11 is 3.46. The summed E-state index contributed by atoms with van der Waals surface area (Å²) in [7, 11) is 0. The second-order valence-electron chi connectivity index (χ2n) is 6.96. The van der Waals surface area contributed by atoms with Crippen LogP contribution in [-0.4, -0.2) is 38.7 Å². The molecule has 0 spiro atoms. The first-order chi connectivity index (χ1) is 15.0. The summed E-state index contributed by atoms with van der Waals surface area (Å²) < 4.78 is 28.6. The molecule has 0 aliphatic carbocycles. The Hall–Kier alpha value is -2.54. The molecular weight excluding hydrogens is 468 g/mol. The highest BCUT2D eigenvalue weighted by Crippen LogP contribution is 2.44. The third-order valence-electron chi connectivity index (χ3n) is 4.89. The number of carbonyl (C=O) groups excluding carboxylic acids is 1. The molecule has 166 valence electrons. The minimum atomic E-state index is -0.785. The highest BCUT2D eigenvalue weighted by atomic mass is 79.9. The average Bonchev–Trinajstić information content (AvgIpc) is 2.75. The molecule has 1 saturated heterocycles. The van der Waals surface area contributed by atoms with E-state index in [-0.39, 0.29) is 35.7 Å². The summed E-state index contributed by atoms with van der Waals surface area (Å²) in [5, 5.41) is 9.79. The molecule has 0 radical (unpaired) electrons. The van der Waals surface area contributed by atoms with Crippen LogP contribution in [-0.2, 0) is 23.7 Å². The lowest BCUT2D eigenvalue weighted by molar-refractivity contribution is -0.183. The predicted octanol–water partition coefficient (Wildman–Crippen LogP) is 3.63. The molecule has 0 amide bonds. The van der Waals surface area contributed by atoms with Gasteiger partial charge in [0.25, 0.3) is 0 Å². The van der Waals surface area contributed by atoms with E-state index in [0.29, 0.717) is 37.6 Å². The Morgan fingerprint density at radius 2 is 2.10 bits per heavy atom. The smallest absolute Gasteiger partial charge is 0.338 e. The van der Waals surface area contributed by atoms with Crippen LogP contribution in [0.5, 0.6) is 5.75 Å². The molecule has 2 heterocycles. The number of ether oxygens (including phenoxy) is 5. The monoisotopic (exact) mass is 492 g/mol. The molecule has 3 rings (SSSR count). The summed E-state index contributed by atoms with van der Waals surface area (Å²) in [5.41, 5.74) is 6.93. The standard InChI is InChI=1S/C22H25BrN2O6/c1-3-27-22(26)19-13(2)31-21(25)16(12-24)20(19)15-11-14(23)5-6-17(15)28-10-7-18-29-8-4-9-30-18/h5-6,11,18,20H,3-4,7-10,25H2,1-2H3. The summed E-state index contributed by atoms with van der Waals surface area (Å²) in [6, 6.07) is 7.49. The molecule has 2 N–H and O–H groups in total. The van der Waals surface area contributed by atoms with Crippen molar-refractivity contribution in [2.45, 2.75) is 38.9 Å². The van der Waals surface area contributed by atoms with Crippen LogP contribution in [0, 0.1) is 11.3 Å². The maximum absolute atomic E-state index is 12.8. The number of nitrogens with two attached hydrogens (primary N) is 1. The van der Waals surface area contributed by atoms with E-state index < -0.39 is 11.9 Å². The van der Waals surface area contributed by atoms with Gasteiger partial charge in [0.1, 0.15) is 23.2 Å². The number of halogens is 1. The number of hydrogen-bond donors (Lipinski definition) is 1. The molecule has 1 atom stereocenters. The Bertz CT molecular complexity index is 930. The highest BCUT2D eigenvalue weighted by molar-refractivity contribution is 9.10. The van der Waals surface area contributed by atoms with Crippen LogP contribution in [0.3, 0.4) is 0 Å². The van der Waals surface area contributed by atoms with Gasteiger partial charge < -0.3 is 29.4 Å². The van der Waals surface area contributed by atoms with Crippen molar-refractivity contribution in [2.75, 3.05) is 26.4 Å². The van der Waals surface area contributed by atoms with E-state index in [9.17, 15) is 10.1 Å². The van der Waals surface area contributed by atoms with Crippen molar-refractivity contribution in [2.24, 2.45) is 5.73 Å². The van der Waals surface area contributed by atoms with E-state index in [1.54, 1.807) is 26.0 Å². The van der Waals surface area contributed by atoms with Crippen molar-refractivity contribution >= 4 is 21.9 Å². The maximum Gasteiger partial charge on any atom is 0.338 e. The number of nitrogens with zero attached hydrogens (tertiary/aromatic N) is 1. The number of benzene rings is 1. The zero-order valence-electron chi connectivity index (χ0n) is 17.5. The quantitative estimate of drug-likeness (QED) is 0.574. The molecule has 2 aliphatic heterocycles. The normalized spacial score (nSPS) is 19.6. The van der Waals surface area contributed by atoms with Crippen LogP contribution < -0.4 is 10.5 Å². The fourth-order valence-electron chi connectivity index (χ4n) is 3.51. The van der Waals surface area contributed by atoms with Gasteiger partial charge in [-0.2, -0.15) is 5.26 Å². The van der Waals surface area contributed by atoms with Gasteiger partial charge >= 0.3 is 5.97 Å². The van der Waals surface area contributed by atoms with E-state index in [1.165, 1.54) is 0 Å². The van der Waals surface area contributed by atoms with E-state index in [4.69, 9.17) is 29.4 Å². The van der Waals surface area contributed by atoms with Gasteiger partial charge in [-0.3, -0.25) is 0 Å². The lowest BCUT2D eigenvalue weighted by atomic mass is 9.82. The second kappa shape index (κ2) is 10.7. The van der Waals surface area contributed by atoms with Crippen molar-refractivity contribution in [1.82, 2.24) is 0 Å². The molecule has 8 nitrogen and oxygen atoms in total. The van der Waals surface area contributed by atoms with Gasteiger partial charge in [-0.05, 0) is 38.5 Å². The lowest BCUT2D eigenvalue weighted by Gasteiger charge is -2.28. The minimum absolute atomic E-state index is 0.0482. The topological polar surface area (TPSA) is 113 Å². The molecule has 31 heavy (non-hydrogen) atoms. The number of allylic oxidation sites excluding steroid dienone is 2. The molecule has 1 fully saturated rings. The molecule has 1 aromatic rings. The van der Waals surface area contributed by atoms with Crippen LogP contribution in [0.25, 0.3) is 0 Å². The van der Waals surface area contributed by atoms with Crippen molar-refractivity contribution in [3.05, 3.63) is 51.0 Å². The Labute approximate surface area is 189 Å². The fourth-order valence-corrected chi connectivity index (χ4v) is 3.89. The molecule has 9 heteroatoms. The van der Waals surface area contributed by atoms with Gasteiger partial charge in [-0.15, -0.1) is 0 Å². The fraction of sp³-hybridized carbons (Fsp3) is 0.455. The largest absolute Gasteiger partial charge is 0.493 e.